The lowest BCUT2D eigenvalue weighted by Crippen LogP contribution is -2.37. The Morgan fingerprint density at radius 3 is 2.11 bits per heavy atom. The van der Waals surface area contributed by atoms with E-state index in [9.17, 15) is 30.4 Å². The fourth-order valence-corrected chi connectivity index (χ4v) is 1.92. The van der Waals surface area contributed by atoms with E-state index < -0.39 is 39.6 Å². The van der Waals surface area contributed by atoms with Crippen LogP contribution in [-0.4, -0.2) is 29.4 Å². The van der Waals surface area contributed by atoms with Gasteiger partial charge in [-0.05, 0) is 6.42 Å². The van der Waals surface area contributed by atoms with E-state index in [0.29, 0.717) is 0 Å². The maximum absolute atomic E-state index is 13.2. The summed E-state index contributed by atoms with van der Waals surface area (Å²) in [6.45, 7) is 1.00. The number of alkyl halides is 5. The van der Waals surface area contributed by atoms with Gasteiger partial charge in [0.05, 0.1) is 0 Å². The van der Waals surface area contributed by atoms with Crippen molar-refractivity contribution < 1.29 is 30.4 Å². The topological polar surface area (TPSA) is 90.9 Å². The molecule has 0 radical (unpaired) electrons. The van der Waals surface area contributed by atoms with Crippen LogP contribution >= 0.6 is 0 Å². The van der Waals surface area contributed by atoms with Crippen LogP contribution in [-0.2, 0) is 22.5 Å². The van der Waals surface area contributed by atoms with E-state index in [1.54, 1.807) is 0 Å². The second-order valence-electron chi connectivity index (χ2n) is 3.57. The van der Waals surface area contributed by atoms with Crippen molar-refractivity contribution in [1.82, 2.24) is 14.8 Å². The highest BCUT2D eigenvalue weighted by molar-refractivity contribution is 7.89. The van der Waals surface area contributed by atoms with Crippen molar-refractivity contribution in [2.45, 2.75) is 37.1 Å². The van der Waals surface area contributed by atoms with Crippen molar-refractivity contribution in [3.05, 3.63) is 5.82 Å². The molecule has 1 aromatic heterocycles. The summed E-state index contributed by atoms with van der Waals surface area (Å²) in [6.07, 6.45) is -5.83. The van der Waals surface area contributed by atoms with Crippen LogP contribution in [0.1, 0.15) is 19.2 Å². The SMILES string of the molecule is CCCn1c(C(F)(F)C(F)(F)F)nnc1S(N)(=O)=O. The molecule has 1 aromatic rings. The quantitative estimate of drug-likeness (QED) is 0.840. The maximum Gasteiger partial charge on any atom is 0.461 e. The Labute approximate surface area is 104 Å². The number of rotatable bonds is 4. The van der Waals surface area contributed by atoms with Crippen LogP contribution in [0.15, 0.2) is 5.16 Å². The van der Waals surface area contributed by atoms with Gasteiger partial charge >= 0.3 is 12.1 Å². The molecule has 19 heavy (non-hydrogen) atoms. The molecule has 0 saturated carbocycles. The average molecular weight is 308 g/mol. The molecule has 1 rings (SSSR count). The number of halogens is 5. The van der Waals surface area contributed by atoms with Crippen LogP contribution in [0.3, 0.4) is 0 Å². The first-order chi connectivity index (χ1) is 8.43. The summed E-state index contributed by atoms with van der Waals surface area (Å²) in [4.78, 5) is 0. The standard InChI is InChI=1S/C7H9F5N4O2S/c1-2-3-16-4(6(8,9)7(10,11)12)14-15-5(16)19(13,17)18/h2-3H2,1H3,(H2,13,17,18). The molecule has 0 aliphatic heterocycles. The second-order valence-corrected chi connectivity index (χ2v) is 5.03. The van der Waals surface area contributed by atoms with Gasteiger partial charge in [0.15, 0.2) is 0 Å². The number of nitrogens with zero attached hydrogens (tertiary/aromatic N) is 3. The van der Waals surface area contributed by atoms with Gasteiger partial charge in [0, 0.05) is 6.54 Å². The lowest BCUT2D eigenvalue weighted by Gasteiger charge is -2.19. The third kappa shape index (κ3) is 2.83. The van der Waals surface area contributed by atoms with E-state index >= 15 is 0 Å². The monoisotopic (exact) mass is 308 g/mol. The number of hydrogen-bond acceptors (Lipinski definition) is 4. The molecular weight excluding hydrogens is 299 g/mol. The zero-order valence-corrected chi connectivity index (χ0v) is 10.3. The molecule has 0 spiro atoms. The third-order valence-electron chi connectivity index (χ3n) is 2.06. The largest absolute Gasteiger partial charge is 0.461 e. The summed E-state index contributed by atoms with van der Waals surface area (Å²) in [6, 6.07) is 0. The van der Waals surface area contributed by atoms with E-state index in [1.165, 1.54) is 6.92 Å². The van der Waals surface area contributed by atoms with Crippen LogP contribution in [0.2, 0.25) is 0 Å². The number of primary sulfonamides is 1. The Bertz CT molecular complexity index is 565. The molecule has 0 amide bonds. The van der Waals surface area contributed by atoms with Crippen molar-refractivity contribution in [3.8, 4) is 0 Å². The van der Waals surface area contributed by atoms with E-state index in [0.717, 1.165) is 0 Å². The summed E-state index contributed by atoms with van der Waals surface area (Å²) in [5, 5.41) is 8.97. The Hall–Kier alpha value is -1.30. The number of nitrogens with two attached hydrogens (primary N) is 1. The van der Waals surface area contributed by atoms with E-state index in [1.807, 2.05) is 0 Å². The highest BCUT2D eigenvalue weighted by atomic mass is 32.2. The van der Waals surface area contributed by atoms with Gasteiger partial charge < -0.3 is 0 Å². The minimum absolute atomic E-state index is 0.0848. The molecule has 2 N–H and O–H groups in total. The molecule has 0 aliphatic carbocycles. The Balaban J connectivity index is 3.51. The number of aromatic nitrogens is 3. The van der Waals surface area contributed by atoms with Gasteiger partial charge in [-0.15, -0.1) is 10.2 Å². The minimum Gasteiger partial charge on any atom is -0.295 e. The molecule has 0 atom stereocenters. The molecule has 1 heterocycles. The molecule has 0 unspecified atom stereocenters. The van der Waals surface area contributed by atoms with Gasteiger partial charge in [0.2, 0.25) is 5.82 Å². The van der Waals surface area contributed by atoms with Crippen molar-refractivity contribution in [2.24, 2.45) is 5.14 Å². The molecule has 110 valence electrons. The molecule has 0 aliphatic rings. The molecule has 0 bridgehead atoms. The molecular formula is C7H9F5N4O2S. The van der Waals surface area contributed by atoms with E-state index in [-0.39, 0.29) is 11.0 Å². The van der Waals surface area contributed by atoms with Crippen molar-refractivity contribution in [1.29, 1.82) is 0 Å². The van der Waals surface area contributed by atoms with Gasteiger partial charge in [-0.25, -0.2) is 13.6 Å². The lowest BCUT2D eigenvalue weighted by atomic mass is 10.3. The van der Waals surface area contributed by atoms with Crippen molar-refractivity contribution >= 4 is 10.0 Å². The second kappa shape index (κ2) is 4.67. The van der Waals surface area contributed by atoms with Crippen LogP contribution in [0, 0.1) is 0 Å². The summed E-state index contributed by atoms with van der Waals surface area (Å²) in [7, 11) is -4.55. The highest BCUT2D eigenvalue weighted by Crippen LogP contribution is 2.43. The van der Waals surface area contributed by atoms with Crippen LogP contribution in [0.4, 0.5) is 22.0 Å². The van der Waals surface area contributed by atoms with Gasteiger partial charge in [-0.2, -0.15) is 22.0 Å². The fourth-order valence-electron chi connectivity index (χ4n) is 1.28. The first-order valence-electron chi connectivity index (χ1n) is 4.84. The zero-order valence-electron chi connectivity index (χ0n) is 9.45. The Kier molecular flexibility index (Phi) is 3.87. The summed E-state index contributed by atoms with van der Waals surface area (Å²) in [5.74, 6) is -7.12. The highest BCUT2D eigenvalue weighted by Gasteiger charge is 2.62. The first kappa shape index (κ1) is 15.8. The molecule has 12 heteroatoms. The smallest absolute Gasteiger partial charge is 0.295 e. The maximum atomic E-state index is 13.2. The molecule has 0 aromatic carbocycles. The summed E-state index contributed by atoms with van der Waals surface area (Å²) in [5.41, 5.74) is 0. The molecule has 0 fully saturated rings. The van der Waals surface area contributed by atoms with Crippen LogP contribution in [0.5, 0.6) is 0 Å². The third-order valence-corrected chi connectivity index (χ3v) is 2.87. The minimum atomic E-state index is -5.92. The fraction of sp³-hybridized carbons (Fsp3) is 0.714. The predicted octanol–water partition coefficient (Wildman–Crippen LogP) is 0.990. The van der Waals surface area contributed by atoms with Gasteiger partial charge in [-0.1, -0.05) is 6.92 Å². The van der Waals surface area contributed by atoms with Crippen molar-refractivity contribution in [3.63, 3.8) is 0 Å². The van der Waals surface area contributed by atoms with Crippen molar-refractivity contribution in [2.75, 3.05) is 0 Å². The zero-order chi connectivity index (χ0) is 15.1. The molecule has 6 nitrogen and oxygen atoms in total. The Morgan fingerprint density at radius 2 is 1.74 bits per heavy atom. The molecule has 0 saturated heterocycles. The van der Waals surface area contributed by atoms with E-state index in [2.05, 4.69) is 15.3 Å². The van der Waals surface area contributed by atoms with Crippen LogP contribution in [0.25, 0.3) is 0 Å². The summed E-state index contributed by atoms with van der Waals surface area (Å²) < 4.78 is 85.3. The summed E-state index contributed by atoms with van der Waals surface area (Å²) >= 11 is 0. The van der Waals surface area contributed by atoms with Gasteiger partial charge in [-0.3, -0.25) is 4.57 Å². The average Bonchev–Trinajstić information content (AvgIpc) is 2.60. The van der Waals surface area contributed by atoms with Crippen LogP contribution < -0.4 is 5.14 Å². The van der Waals surface area contributed by atoms with Gasteiger partial charge in [0.25, 0.3) is 15.2 Å². The first-order valence-corrected chi connectivity index (χ1v) is 6.38. The lowest BCUT2D eigenvalue weighted by molar-refractivity contribution is -0.293. The van der Waals surface area contributed by atoms with Gasteiger partial charge in [0.1, 0.15) is 0 Å². The number of hydrogen-bond donors (Lipinski definition) is 1. The Morgan fingerprint density at radius 1 is 1.21 bits per heavy atom. The van der Waals surface area contributed by atoms with E-state index in [4.69, 9.17) is 0 Å². The number of sulfonamides is 1. The predicted molar refractivity (Wildman–Crippen MR) is 51.6 cm³/mol. The normalized spacial score (nSPS) is 13.8.